The van der Waals surface area contributed by atoms with Gasteiger partial charge in [0, 0.05) is 26.1 Å². The van der Waals surface area contributed by atoms with Gasteiger partial charge in [0.25, 0.3) is 0 Å². The van der Waals surface area contributed by atoms with Crippen molar-refractivity contribution < 1.29 is 4.79 Å². The van der Waals surface area contributed by atoms with E-state index in [1.165, 1.54) is 19.3 Å². The Morgan fingerprint density at radius 1 is 1.15 bits per heavy atom. The average Bonchev–Trinajstić information content (AvgIpc) is 2.91. The van der Waals surface area contributed by atoms with Gasteiger partial charge in [0.1, 0.15) is 11.6 Å². The van der Waals surface area contributed by atoms with Crippen LogP contribution in [-0.2, 0) is 11.3 Å². The molecule has 6 nitrogen and oxygen atoms in total. The number of aryl methyl sites for hydroxylation is 2. The Morgan fingerprint density at radius 3 is 2.54 bits per heavy atom. The second kappa shape index (κ2) is 11.1. The van der Waals surface area contributed by atoms with Crippen molar-refractivity contribution in [2.24, 2.45) is 11.8 Å². The van der Waals surface area contributed by atoms with Crippen LogP contribution >= 0.6 is 24.8 Å². The van der Waals surface area contributed by atoms with E-state index in [0.717, 1.165) is 69.6 Å². The normalized spacial score (nSPS) is 21.0. The number of hydrogen-bond donors (Lipinski definition) is 1. The van der Waals surface area contributed by atoms with Crippen molar-refractivity contribution in [3.05, 3.63) is 11.6 Å². The van der Waals surface area contributed by atoms with Crippen molar-refractivity contribution in [2.45, 2.75) is 58.9 Å². The molecular weight excluding hydrogens is 373 g/mol. The first-order chi connectivity index (χ1) is 11.6. The fraction of sp³-hybridized carbons (Fsp3) is 0.833. The number of rotatable bonds is 5. The number of amides is 1. The van der Waals surface area contributed by atoms with Crippen molar-refractivity contribution >= 4 is 30.7 Å². The van der Waals surface area contributed by atoms with Crippen molar-refractivity contribution in [2.75, 3.05) is 26.2 Å². The Kier molecular flexibility index (Phi) is 9.90. The van der Waals surface area contributed by atoms with E-state index in [9.17, 15) is 4.79 Å². The first-order valence-corrected chi connectivity index (χ1v) is 9.48. The van der Waals surface area contributed by atoms with E-state index in [-0.39, 0.29) is 24.8 Å². The lowest BCUT2D eigenvalue weighted by atomic mass is 9.92. The summed E-state index contributed by atoms with van der Waals surface area (Å²) in [4.78, 5) is 19.1. The van der Waals surface area contributed by atoms with Gasteiger partial charge in [-0.2, -0.15) is 5.10 Å². The summed E-state index contributed by atoms with van der Waals surface area (Å²) in [5.74, 6) is 3.39. The number of nitrogens with one attached hydrogen (secondary N) is 1. The minimum atomic E-state index is 0. The highest BCUT2D eigenvalue weighted by atomic mass is 35.5. The molecule has 1 atom stereocenters. The second-order valence-corrected chi connectivity index (χ2v) is 7.47. The summed E-state index contributed by atoms with van der Waals surface area (Å²) in [5.41, 5.74) is 0. The van der Waals surface area contributed by atoms with Crippen molar-refractivity contribution in [1.82, 2.24) is 25.0 Å². The molecule has 0 aliphatic carbocycles. The number of carbonyl (C=O) groups is 1. The van der Waals surface area contributed by atoms with Crippen molar-refractivity contribution in [1.29, 1.82) is 0 Å². The number of carbonyl (C=O) groups excluding carboxylic acids is 1. The average molecular weight is 406 g/mol. The predicted octanol–water partition coefficient (Wildman–Crippen LogP) is 2.76. The fourth-order valence-corrected chi connectivity index (χ4v) is 4.08. The molecule has 2 fully saturated rings. The molecule has 1 aromatic heterocycles. The van der Waals surface area contributed by atoms with Gasteiger partial charge in [0.05, 0.1) is 0 Å². The smallest absolute Gasteiger partial charge is 0.222 e. The molecule has 0 radical (unpaired) electrons. The molecule has 2 aliphatic rings. The zero-order valence-corrected chi connectivity index (χ0v) is 17.6. The number of halogens is 2. The van der Waals surface area contributed by atoms with Crippen LogP contribution in [0.2, 0.25) is 0 Å². The molecule has 0 spiro atoms. The van der Waals surface area contributed by atoms with Gasteiger partial charge in [-0.1, -0.05) is 0 Å². The van der Waals surface area contributed by atoms with E-state index >= 15 is 0 Å². The summed E-state index contributed by atoms with van der Waals surface area (Å²) < 4.78 is 2.00. The third-order valence-electron chi connectivity index (χ3n) is 5.49. The largest absolute Gasteiger partial charge is 0.342 e. The summed E-state index contributed by atoms with van der Waals surface area (Å²) in [6.07, 6.45) is 6.51. The maximum absolute atomic E-state index is 12.6. The molecule has 1 amide bonds. The number of likely N-dealkylation sites (tertiary alicyclic amines) is 1. The maximum Gasteiger partial charge on any atom is 0.222 e. The molecule has 8 heteroatoms. The van der Waals surface area contributed by atoms with Crippen LogP contribution < -0.4 is 5.32 Å². The summed E-state index contributed by atoms with van der Waals surface area (Å²) >= 11 is 0. The van der Waals surface area contributed by atoms with Crippen LogP contribution in [0, 0.1) is 25.7 Å². The Bertz CT molecular complexity index is 560. The SMILES string of the molecule is Cc1nc(C)n(CC2CCCN(C(=O)CCC3CCNCC3)C2)n1.Cl.Cl. The summed E-state index contributed by atoms with van der Waals surface area (Å²) in [5, 5.41) is 7.86. The molecule has 0 saturated carbocycles. The Hall–Kier alpha value is -0.850. The van der Waals surface area contributed by atoms with Crippen LogP contribution in [0.15, 0.2) is 0 Å². The molecule has 1 unspecified atom stereocenters. The van der Waals surface area contributed by atoms with Crippen LogP contribution in [0.5, 0.6) is 0 Å². The Labute approximate surface area is 169 Å². The minimum absolute atomic E-state index is 0. The molecule has 0 bridgehead atoms. The number of aromatic nitrogens is 3. The Balaban J connectivity index is 0.00000169. The maximum atomic E-state index is 12.6. The summed E-state index contributed by atoms with van der Waals surface area (Å²) in [6.45, 7) is 8.85. The lowest BCUT2D eigenvalue weighted by molar-refractivity contribution is -0.133. The molecule has 3 heterocycles. The fourth-order valence-electron chi connectivity index (χ4n) is 4.08. The third kappa shape index (κ3) is 6.39. The zero-order chi connectivity index (χ0) is 16.9. The standard InChI is InChI=1S/C18H31N5O.2ClH/c1-14-20-15(2)23(21-14)13-17-4-3-11-22(12-17)18(24)6-5-16-7-9-19-10-8-16;;/h16-17,19H,3-13H2,1-2H3;2*1H. The molecule has 1 N–H and O–H groups in total. The molecule has 0 aromatic carbocycles. The number of hydrogen-bond acceptors (Lipinski definition) is 4. The van der Waals surface area contributed by atoms with E-state index in [1.807, 2.05) is 18.5 Å². The van der Waals surface area contributed by atoms with Gasteiger partial charge in [-0.3, -0.25) is 4.79 Å². The van der Waals surface area contributed by atoms with Gasteiger partial charge < -0.3 is 10.2 Å². The first kappa shape index (κ1) is 23.2. The van der Waals surface area contributed by atoms with Crippen molar-refractivity contribution in [3.8, 4) is 0 Å². The first-order valence-electron chi connectivity index (χ1n) is 9.48. The van der Waals surface area contributed by atoms with E-state index in [2.05, 4.69) is 20.3 Å². The van der Waals surface area contributed by atoms with Crippen LogP contribution in [-0.4, -0.2) is 51.8 Å². The lowest BCUT2D eigenvalue weighted by Gasteiger charge is -2.33. The van der Waals surface area contributed by atoms with Gasteiger partial charge in [-0.05, 0) is 70.9 Å². The van der Waals surface area contributed by atoms with Crippen LogP contribution in [0.3, 0.4) is 0 Å². The van der Waals surface area contributed by atoms with Crippen molar-refractivity contribution in [3.63, 3.8) is 0 Å². The zero-order valence-electron chi connectivity index (χ0n) is 15.9. The summed E-state index contributed by atoms with van der Waals surface area (Å²) in [7, 11) is 0. The highest BCUT2D eigenvalue weighted by Crippen LogP contribution is 2.22. The molecule has 1 aromatic rings. The van der Waals surface area contributed by atoms with Crippen LogP contribution in [0.4, 0.5) is 0 Å². The van der Waals surface area contributed by atoms with Gasteiger partial charge in [-0.15, -0.1) is 24.8 Å². The monoisotopic (exact) mass is 405 g/mol. The predicted molar refractivity (Wildman–Crippen MR) is 108 cm³/mol. The van der Waals surface area contributed by atoms with E-state index < -0.39 is 0 Å². The minimum Gasteiger partial charge on any atom is -0.342 e. The van der Waals surface area contributed by atoms with E-state index in [1.54, 1.807) is 0 Å². The topological polar surface area (TPSA) is 63.1 Å². The summed E-state index contributed by atoms with van der Waals surface area (Å²) in [6, 6.07) is 0. The van der Waals surface area contributed by atoms with E-state index in [0.29, 0.717) is 11.8 Å². The Morgan fingerprint density at radius 2 is 1.88 bits per heavy atom. The highest BCUT2D eigenvalue weighted by molar-refractivity contribution is 5.85. The highest BCUT2D eigenvalue weighted by Gasteiger charge is 2.25. The van der Waals surface area contributed by atoms with Gasteiger partial charge in [0.15, 0.2) is 0 Å². The molecule has 26 heavy (non-hydrogen) atoms. The van der Waals surface area contributed by atoms with Crippen LogP contribution in [0.1, 0.15) is 50.2 Å². The molecule has 3 rings (SSSR count). The number of piperidine rings is 2. The second-order valence-electron chi connectivity index (χ2n) is 7.47. The van der Waals surface area contributed by atoms with Gasteiger partial charge in [0.2, 0.25) is 5.91 Å². The molecule has 150 valence electrons. The molecular formula is C18H33Cl2N5O. The quantitative estimate of drug-likeness (QED) is 0.817. The third-order valence-corrected chi connectivity index (χ3v) is 5.49. The van der Waals surface area contributed by atoms with Gasteiger partial charge in [-0.25, -0.2) is 9.67 Å². The number of nitrogens with zero attached hydrogens (tertiary/aromatic N) is 4. The molecule has 2 aliphatic heterocycles. The molecule has 2 saturated heterocycles. The van der Waals surface area contributed by atoms with E-state index in [4.69, 9.17) is 0 Å². The lowest BCUT2D eigenvalue weighted by Crippen LogP contribution is -2.41. The van der Waals surface area contributed by atoms with Gasteiger partial charge >= 0.3 is 0 Å². The van der Waals surface area contributed by atoms with Crippen LogP contribution in [0.25, 0.3) is 0 Å².